The molecule has 2 nitrogen and oxygen atoms in total. The highest BCUT2D eigenvalue weighted by Gasteiger charge is 2.13. The fourth-order valence-corrected chi connectivity index (χ4v) is 1.34. The van der Waals surface area contributed by atoms with E-state index in [1.807, 2.05) is 6.34 Å². The Morgan fingerprint density at radius 3 is 3.40 bits per heavy atom. The summed E-state index contributed by atoms with van der Waals surface area (Å²) in [5, 5.41) is 3.21. The molecule has 1 aliphatic carbocycles. The van der Waals surface area contributed by atoms with Gasteiger partial charge in [0, 0.05) is 12.0 Å². The molecule has 0 saturated carbocycles. The maximum Gasteiger partial charge on any atom is 0.234 e. The molecule has 0 radical (unpaired) electrons. The van der Waals surface area contributed by atoms with Gasteiger partial charge in [-0.15, -0.1) is 0 Å². The molecule has 2 rings (SSSR count). The van der Waals surface area contributed by atoms with Crippen LogP contribution in [-0.4, -0.2) is 12.9 Å². The van der Waals surface area contributed by atoms with Crippen LogP contribution in [0.1, 0.15) is 12.8 Å². The molecule has 0 amide bonds. The van der Waals surface area contributed by atoms with E-state index in [0.717, 1.165) is 6.54 Å². The van der Waals surface area contributed by atoms with Crippen molar-refractivity contribution in [3.8, 4) is 0 Å². The second kappa shape index (κ2) is 2.29. The van der Waals surface area contributed by atoms with Gasteiger partial charge in [0.05, 0.1) is 0 Å². The number of hydrogen-bond donors (Lipinski definition) is 2. The third-order valence-corrected chi connectivity index (χ3v) is 1.91. The maximum absolute atomic E-state index is 3.21. The van der Waals surface area contributed by atoms with E-state index in [9.17, 15) is 0 Å². The van der Waals surface area contributed by atoms with Crippen LogP contribution in [0.25, 0.3) is 0 Å². The third-order valence-electron chi connectivity index (χ3n) is 1.91. The highest BCUT2D eigenvalue weighted by Crippen LogP contribution is 2.14. The first-order valence-electron chi connectivity index (χ1n) is 3.67. The minimum absolute atomic E-state index is 0.985. The molecule has 0 unspecified atom stereocenters. The van der Waals surface area contributed by atoms with Crippen molar-refractivity contribution in [3.05, 3.63) is 23.4 Å². The van der Waals surface area contributed by atoms with Gasteiger partial charge in [-0.05, 0) is 6.42 Å². The zero-order valence-electron chi connectivity index (χ0n) is 5.85. The number of rotatable bonds is 0. The minimum atomic E-state index is 0.985. The predicted octanol–water partition coefficient (Wildman–Crippen LogP) is -0.697. The van der Waals surface area contributed by atoms with Crippen LogP contribution < -0.4 is 10.3 Å². The van der Waals surface area contributed by atoms with Crippen molar-refractivity contribution in [2.75, 3.05) is 6.54 Å². The molecule has 0 atom stereocenters. The van der Waals surface area contributed by atoms with E-state index in [1.165, 1.54) is 24.1 Å². The molecule has 0 aromatic carbocycles. The van der Waals surface area contributed by atoms with Gasteiger partial charge in [0.15, 0.2) is 0 Å². The first-order chi connectivity index (χ1) is 4.97. The summed E-state index contributed by atoms with van der Waals surface area (Å²) in [5.74, 6) is 0. The summed E-state index contributed by atoms with van der Waals surface area (Å²) in [5.41, 5.74) is 2.80. The van der Waals surface area contributed by atoms with Gasteiger partial charge in [0.2, 0.25) is 6.34 Å². The first kappa shape index (κ1) is 5.71. The van der Waals surface area contributed by atoms with Gasteiger partial charge < -0.3 is 0 Å². The van der Waals surface area contributed by atoms with Crippen molar-refractivity contribution in [2.24, 2.45) is 0 Å². The molecule has 0 fully saturated rings. The van der Waals surface area contributed by atoms with E-state index >= 15 is 0 Å². The van der Waals surface area contributed by atoms with Gasteiger partial charge in [-0.1, -0.05) is 12.2 Å². The van der Waals surface area contributed by atoms with Crippen molar-refractivity contribution in [3.63, 3.8) is 0 Å². The Morgan fingerprint density at radius 2 is 2.50 bits per heavy atom. The van der Waals surface area contributed by atoms with Gasteiger partial charge in [-0.3, -0.25) is 10.3 Å². The normalized spacial score (nSPS) is 22.4. The van der Waals surface area contributed by atoms with Gasteiger partial charge >= 0.3 is 0 Å². The Kier molecular flexibility index (Phi) is 1.31. The van der Waals surface area contributed by atoms with Crippen molar-refractivity contribution < 1.29 is 4.99 Å². The molecule has 2 aliphatic rings. The van der Waals surface area contributed by atoms with Crippen molar-refractivity contribution in [2.45, 2.75) is 12.8 Å². The average molecular weight is 135 g/mol. The molecule has 2 N–H and O–H groups in total. The zero-order valence-corrected chi connectivity index (χ0v) is 5.85. The first-order valence-corrected chi connectivity index (χ1v) is 3.67. The highest BCUT2D eigenvalue weighted by molar-refractivity contribution is 5.54. The highest BCUT2D eigenvalue weighted by atomic mass is 15.0. The van der Waals surface area contributed by atoms with Crippen LogP contribution in [0.15, 0.2) is 23.4 Å². The summed E-state index contributed by atoms with van der Waals surface area (Å²) >= 11 is 0. The van der Waals surface area contributed by atoms with Crippen LogP contribution in [0, 0.1) is 0 Å². The van der Waals surface area contributed by atoms with Crippen LogP contribution in [0.4, 0.5) is 0 Å². The summed E-state index contributed by atoms with van der Waals surface area (Å²) < 4.78 is 0. The fraction of sp³-hybridized carbons (Fsp3) is 0.375. The topological polar surface area (TPSA) is 26.0 Å². The van der Waals surface area contributed by atoms with Crippen molar-refractivity contribution >= 4 is 6.34 Å². The molecule has 0 saturated heterocycles. The second-order valence-corrected chi connectivity index (χ2v) is 2.61. The average Bonchev–Trinajstić information content (AvgIpc) is 2.05. The molecular formula is C8H11N2+. The van der Waals surface area contributed by atoms with E-state index < -0.39 is 0 Å². The number of nitrogens with one attached hydrogen (secondary N) is 2. The zero-order chi connectivity index (χ0) is 6.81. The molecule has 1 aliphatic heterocycles. The Bertz CT molecular complexity index is 223. The lowest BCUT2D eigenvalue weighted by atomic mass is 10.0. The molecule has 2 heteroatoms. The van der Waals surface area contributed by atoms with Gasteiger partial charge in [0.1, 0.15) is 12.2 Å². The summed E-state index contributed by atoms with van der Waals surface area (Å²) in [7, 11) is 0. The Hall–Kier alpha value is -1.05. The standard InChI is InChI=1S/C8H10N2/c1-2-4-8-7(3-1)5-9-6-10-8/h1,3,6H,2,4-5H2,(H,9,10)/p+1. The van der Waals surface area contributed by atoms with Crippen LogP contribution in [0.2, 0.25) is 0 Å². The second-order valence-electron chi connectivity index (χ2n) is 2.61. The smallest absolute Gasteiger partial charge is 0.234 e. The largest absolute Gasteiger partial charge is 0.276 e. The fourth-order valence-electron chi connectivity index (χ4n) is 1.34. The quantitative estimate of drug-likeness (QED) is 0.451. The Morgan fingerprint density at radius 1 is 1.50 bits per heavy atom. The molecule has 0 spiro atoms. The van der Waals surface area contributed by atoms with E-state index in [4.69, 9.17) is 0 Å². The van der Waals surface area contributed by atoms with E-state index in [1.54, 1.807) is 0 Å². The van der Waals surface area contributed by atoms with E-state index in [-0.39, 0.29) is 0 Å². The third kappa shape index (κ3) is 0.856. The monoisotopic (exact) mass is 135 g/mol. The Labute approximate surface area is 60.3 Å². The molecular weight excluding hydrogens is 124 g/mol. The van der Waals surface area contributed by atoms with Gasteiger partial charge in [-0.25, -0.2) is 0 Å². The van der Waals surface area contributed by atoms with Gasteiger partial charge in [0.25, 0.3) is 0 Å². The van der Waals surface area contributed by atoms with Crippen molar-refractivity contribution in [1.29, 1.82) is 0 Å². The predicted molar refractivity (Wildman–Crippen MR) is 40.4 cm³/mol. The summed E-state index contributed by atoms with van der Waals surface area (Å²) in [6, 6.07) is 0. The van der Waals surface area contributed by atoms with Crippen molar-refractivity contribution in [1.82, 2.24) is 5.32 Å². The maximum atomic E-state index is 3.21. The molecule has 0 aromatic heterocycles. The Balaban J connectivity index is 2.25. The summed E-state index contributed by atoms with van der Waals surface area (Å²) in [6.45, 7) is 0.985. The SMILES string of the molecule is C1=CC2=C(CC1)NC=[NH+]C2. The van der Waals surface area contributed by atoms with E-state index in [2.05, 4.69) is 22.5 Å². The van der Waals surface area contributed by atoms with Gasteiger partial charge in [-0.2, -0.15) is 0 Å². The summed E-state index contributed by atoms with van der Waals surface area (Å²) in [6.07, 6.45) is 8.70. The van der Waals surface area contributed by atoms with Crippen LogP contribution in [0.3, 0.4) is 0 Å². The molecule has 52 valence electrons. The van der Waals surface area contributed by atoms with Crippen LogP contribution in [-0.2, 0) is 0 Å². The van der Waals surface area contributed by atoms with Crippen LogP contribution >= 0.6 is 0 Å². The number of hydrogen-bond acceptors (Lipinski definition) is 1. The molecule has 0 bridgehead atoms. The molecule has 1 heterocycles. The minimum Gasteiger partial charge on any atom is -0.276 e. The molecule has 0 aromatic rings. The summed E-state index contributed by atoms with van der Waals surface area (Å²) in [4.78, 5) is 3.14. The van der Waals surface area contributed by atoms with E-state index in [0.29, 0.717) is 0 Å². The van der Waals surface area contributed by atoms with Crippen LogP contribution in [0.5, 0.6) is 0 Å². The lowest BCUT2D eigenvalue weighted by Gasteiger charge is -2.12. The lowest BCUT2D eigenvalue weighted by Crippen LogP contribution is -2.73. The molecule has 10 heavy (non-hydrogen) atoms. The number of allylic oxidation sites excluding steroid dienone is 2. The lowest BCUT2D eigenvalue weighted by molar-refractivity contribution is -0.445.